The van der Waals surface area contributed by atoms with E-state index in [0.29, 0.717) is 54.3 Å². The van der Waals surface area contributed by atoms with Crippen LogP contribution >= 0.6 is 0 Å². The van der Waals surface area contributed by atoms with Crippen LogP contribution in [0.15, 0.2) is 36.5 Å². The van der Waals surface area contributed by atoms with Crippen LogP contribution < -0.4 is 10.6 Å². The maximum atomic E-state index is 13.6. The molecule has 11 heteroatoms. The minimum Gasteiger partial charge on any atom is -0.396 e. The molecule has 10 nitrogen and oxygen atoms in total. The van der Waals surface area contributed by atoms with E-state index >= 15 is 0 Å². The molecule has 1 aliphatic carbocycles. The van der Waals surface area contributed by atoms with E-state index in [1.54, 1.807) is 24.4 Å². The number of aromatic amines is 1. The van der Waals surface area contributed by atoms with E-state index in [-0.39, 0.29) is 37.5 Å². The van der Waals surface area contributed by atoms with Gasteiger partial charge in [-0.25, -0.2) is 19.3 Å². The van der Waals surface area contributed by atoms with E-state index in [2.05, 4.69) is 25.6 Å². The molecule has 1 aliphatic heterocycles. The number of carbonyl (C=O) groups excluding carboxylic acids is 1. The second kappa shape index (κ2) is 11.1. The molecular weight excluding hydrogens is 467 g/mol. The van der Waals surface area contributed by atoms with E-state index in [1.165, 1.54) is 12.1 Å². The lowest BCUT2D eigenvalue weighted by Gasteiger charge is -2.28. The van der Waals surface area contributed by atoms with Gasteiger partial charge in [-0.15, -0.1) is 0 Å². The Morgan fingerprint density at radius 3 is 2.64 bits per heavy atom. The fraction of sp³-hybridized carbons (Fsp3) is 0.440. The summed E-state index contributed by atoms with van der Waals surface area (Å²) in [5.74, 6) is 0.363. The van der Waals surface area contributed by atoms with Crippen molar-refractivity contribution in [2.45, 2.75) is 38.0 Å². The van der Waals surface area contributed by atoms with Crippen molar-refractivity contribution in [2.75, 3.05) is 31.7 Å². The molecule has 0 radical (unpaired) electrons. The van der Waals surface area contributed by atoms with Gasteiger partial charge < -0.3 is 30.2 Å². The maximum Gasteiger partial charge on any atom is 0.228 e. The highest BCUT2D eigenvalue weighted by atomic mass is 19.1. The molecule has 3 aromatic rings. The summed E-state index contributed by atoms with van der Waals surface area (Å²) >= 11 is 0. The van der Waals surface area contributed by atoms with Gasteiger partial charge in [0.25, 0.3) is 0 Å². The van der Waals surface area contributed by atoms with Gasteiger partial charge in [-0.2, -0.15) is 0 Å². The Kier molecular flexibility index (Phi) is 7.49. The van der Waals surface area contributed by atoms with E-state index < -0.39 is 6.29 Å². The molecule has 2 aliphatic rings. The Hall–Kier alpha value is -3.41. The van der Waals surface area contributed by atoms with Crippen LogP contribution in [-0.2, 0) is 20.7 Å². The van der Waals surface area contributed by atoms with Gasteiger partial charge >= 0.3 is 0 Å². The van der Waals surface area contributed by atoms with Gasteiger partial charge in [0, 0.05) is 31.0 Å². The van der Waals surface area contributed by atoms with Crippen LogP contribution in [0.1, 0.15) is 25.1 Å². The number of carbonyl (C=O) groups is 1. The summed E-state index contributed by atoms with van der Waals surface area (Å²) in [4.78, 5) is 29.2. The van der Waals surface area contributed by atoms with Gasteiger partial charge in [0.15, 0.2) is 6.29 Å². The zero-order valence-corrected chi connectivity index (χ0v) is 19.7. The standard InChI is InChI=1S/C25H29FN6O4/c26-17-4-2-15(3-5-17)22-23(19-8-10-28-25(30-19)27-9-1-11-33)32-20(31-22)12-21-35-13-16(14-36-21)24(34)29-18-6-7-18/h2-5,8,10,16,18,21,33H,1,6-7,9,11-14H2,(H,29,34)(H,31,32)(H,27,28,30). The van der Waals surface area contributed by atoms with Crippen molar-refractivity contribution in [2.24, 2.45) is 5.92 Å². The maximum absolute atomic E-state index is 13.6. The van der Waals surface area contributed by atoms with Gasteiger partial charge in [-0.3, -0.25) is 4.79 Å². The summed E-state index contributed by atoms with van der Waals surface area (Å²) in [5, 5.41) is 15.1. The third-order valence-corrected chi connectivity index (χ3v) is 6.02. The number of halogens is 1. The molecule has 2 fully saturated rings. The number of aromatic nitrogens is 4. The number of hydrogen-bond acceptors (Lipinski definition) is 8. The molecule has 36 heavy (non-hydrogen) atoms. The van der Waals surface area contributed by atoms with Crippen LogP contribution in [0.2, 0.25) is 0 Å². The Morgan fingerprint density at radius 2 is 1.92 bits per heavy atom. The van der Waals surface area contributed by atoms with E-state index in [1.807, 2.05) is 0 Å². The van der Waals surface area contributed by atoms with Gasteiger partial charge in [0.2, 0.25) is 11.9 Å². The molecule has 1 aromatic carbocycles. The number of nitrogens with zero attached hydrogens (tertiary/aromatic N) is 3. The normalized spacial score (nSPS) is 19.7. The highest BCUT2D eigenvalue weighted by Crippen LogP contribution is 2.30. The van der Waals surface area contributed by atoms with Crippen molar-refractivity contribution in [1.82, 2.24) is 25.3 Å². The second-order valence-corrected chi connectivity index (χ2v) is 8.96. The summed E-state index contributed by atoms with van der Waals surface area (Å²) in [6, 6.07) is 8.16. The first-order valence-corrected chi connectivity index (χ1v) is 12.2. The zero-order chi connectivity index (χ0) is 24.9. The fourth-order valence-electron chi connectivity index (χ4n) is 3.90. The van der Waals surface area contributed by atoms with Gasteiger partial charge in [-0.05, 0) is 49.6 Å². The number of anilines is 1. The number of aliphatic hydroxyl groups excluding tert-OH is 1. The lowest BCUT2D eigenvalue weighted by atomic mass is 10.1. The summed E-state index contributed by atoms with van der Waals surface area (Å²) in [6.45, 7) is 1.18. The predicted octanol–water partition coefficient (Wildman–Crippen LogP) is 2.28. The molecule has 1 saturated heterocycles. The van der Waals surface area contributed by atoms with Gasteiger partial charge in [0.05, 0.1) is 42.6 Å². The number of benzene rings is 1. The lowest BCUT2D eigenvalue weighted by molar-refractivity contribution is -0.200. The molecule has 2 aromatic heterocycles. The van der Waals surface area contributed by atoms with E-state index in [4.69, 9.17) is 19.6 Å². The van der Waals surface area contributed by atoms with Crippen molar-refractivity contribution in [3.8, 4) is 22.6 Å². The number of rotatable bonds is 10. The van der Waals surface area contributed by atoms with Crippen LogP contribution in [0.5, 0.6) is 0 Å². The largest absolute Gasteiger partial charge is 0.396 e. The van der Waals surface area contributed by atoms with Crippen LogP contribution in [-0.4, -0.2) is 69.6 Å². The summed E-state index contributed by atoms with van der Waals surface area (Å²) in [5.41, 5.74) is 2.60. The zero-order valence-electron chi connectivity index (χ0n) is 19.7. The first-order valence-electron chi connectivity index (χ1n) is 12.2. The topological polar surface area (TPSA) is 134 Å². The lowest BCUT2D eigenvalue weighted by Crippen LogP contribution is -2.43. The molecule has 3 heterocycles. The smallest absolute Gasteiger partial charge is 0.228 e. The van der Waals surface area contributed by atoms with Crippen molar-refractivity contribution in [3.05, 3.63) is 48.2 Å². The number of imidazole rings is 1. The Bertz CT molecular complexity index is 1180. The monoisotopic (exact) mass is 496 g/mol. The van der Waals surface area contributed by atoms with Crippen LogP contribution in [0, 0.1) is 11.7 Å². The summed E-state index contributed by atoms with van der Waals surface area (Å²) < 4.78 is 25.2. The third kappa shape index (κ3) is 6.04. The highest BCUT2D eigenvalue weighted by Gasteiger charge is 2.32. The average Bonchev–Trinajstić information content (AvgIpc) is 3.61. The van der Waals surface area contributed by atoms with Gasteiger partial charge in [0.1, 0.15) is 11.6 Å². The summed E-state index contributed by atoms with van der Waals surface area (Å²) in [6.07, 6.45) is 4.08. The molecule has 1 amide bonds. The first-order chi connectivity index (χ1) is 17.6. The number of ether oxygens (including phenoxy) is 2. The predicted molar refractivity (Wildman–Crippen MR) is 129 cm³/mol. The first kappa shape index (κ1) is 24.3. The minimum absolute atomic E-state index is 0.0259. The molecule has 0 spiro atoms. The SMILES string of the molecule is O=C(NC1CC1)C1COC(Cc2nc(-c3ccc(F)cc3)c(-c3ccnc(NCCCO)n3)[nH]2)OC1. The molecule has 1 saturated carbocycles. The minimum atomic E-state index is -0.545. The van der Waals surface area contributed by atoms with Gasteiger partial charge in [-0.1, -0.05) is 0 Å². The Balaban J connectivity index is 1.33. The van der Waals surface area contributed by atoms with Crippen molar-refractivity contribution < 1.29 is 23.8 Å². The molecule has 0 bridgehead atoms. The molecule has 5 rings (SSSR count). The Morgan fingerprint density at radius 1 is 1.14 bits per heavy atom. The van der Waals surface area contributed by atoms with Crippen LogP contribution in [0.3, 0.4) is 0 Å². The quantitative estimate of drug-likeness (QED) is 0.314. The number of H-pyrrole nitrogens is 1. The van der Waals surface area contributed by atoms with Crippen LogP contribution in [0.4, 0.5) is 10.3 Å². The van der Waals surface area contributed by atoms with E-state index in [0.717, 1.165) is 18.4 Å². The number of hydrogen-bond donors (Lipinski definition) is 4. The third-order valence-electron chi connectivity index (χ3n) is 6.02. The molecule has 0 unspecified atom stereocenters. The van der Waals surface area contributed by atoms with Crippen molar-refractivity contribution in [3.63, 3.8) is 0 Å². The highest BCUT2D eigenvalue weighted by molar-refractivity contribution is 5.79. The molecule has 190 valence electrons. The van der Waals surface area contributed by atoms with Crippen molar-refractivity contribution >= 4 is 11.9 Å². The number of nitrogens with one attached hydrogen (secondary N) is 3. The number of aliphatic hydroxyl groups is 1. The van der Waals surface area contributed by atoms with Crippen LogP contribution in [0.25, 0.3) is 22.6 Å². The fourth-order valence-corrected chi connectivity index (χ4v) is 3.90. The molecule has 0 atom stereocenters. The number of amides is 1. The second-order valence-electron chi connectivity index (χ2n) is 8.96. The molecular formula is C25H29FN6O4. The summed E-state index contributed by atoms with van der Waals surface area (Å²) in [7, 11) is 0. The van der Waals surface area contributed by atoms with E-state index in [9.17, 15) is 9.18 Å². The molecule has 4 N–H and O–H groups in total. The van der Waals surface area contributed by atoms with Crippen molar-refractivity contribution in [1.29, 1.82) is 0 Å². The average molecular weight is 497 g/mol. The Labute approximate surface area is 207 Å².